The Morgan fingerprint density at radius 2 is 1.71 bits per heavy atom. The number of rotatable bonds is 5. The Hall–Kier alpha value is -2.78. The van der Waals surface area contributed by atoms with Crippen LogP contribution < -0.4 is 10.6 Å². The fourth-order valence-corrected chi connectivity index (χ4v) is 4.80. The van der Waals surface area contributed by atoms with E-state index in [1.165, 1.54) is 40.7 Å². The van der Waals surface area contributed by atoms with E-state index in [-0.39, 0.29) is 17.1 Å². The first-order chi connectivity index (χ1) is 13.4. The monoisotopic (exact) mass is 405 g/mol. The number of nitrogens with one attached hydrogen (secondary N) is 2. The minimum absolute atomic E-state index is 0.00438. The number of nitrogens with zero attached hydrogens (tertiary/aromatic N) is 1. The number of para-hydroxylation sites is 1. The van der Waals surface area contributed by atoms with Gasteiger partial charge in [-0.05, 0) is 37.1 Å². The topological polar surface area (TPSA) is 95.6 Å². The summed E-state index contributed by atoms with van der Waals surface area (Å²) in [4.78, 5) is 24.2. The second-order valence-corrected chi connectivity index (χ2v) is 8.26. The number of carbonyl (C=O) groups excluding carboxylic acids is 2. The van der Waals surface area contributed by atoms with Gasteiger partial charge >= 0.3 is 11.8 Å². The molecule has 1 atom stereocenters. The van der Waals surface area contributed by atoms with Crippen LogP contribution in [-0.2, 0) is 19.6 Å². The molecule has 148 valence electrons. The minimum Gasteiger partial charge on any atom is -0.346 e. The van der Waals surface area contributed by atoms with Crippen molar-refractivity contribution in [3.63, 3.8) is 0 Å². The molecule has 0 aromatic heterocycles. The van der Waals surface area contributed by atoms with E-state index in [2.05, 4.69) is 10.6 Å². The number of hydrogen-bond acceptors (Lipinski definition) is 4. The zero-order chi connectivity index (χ0) is 20.1. The standard InChI is InChI=1S/C19H20FN3O4S/c20-16-10-4-5-11-17(16)22-19(25)18(24)21-13-14-7-6-12-23(14)28(26,27)15-8-2-1-3-9-15/h1-5,8-11,14H,6-7,12-13H2,(H,21,24)(H,22,25). The van der Waals surface area contributed by atoms with Gasteiger partial charge in [0.05, 0.1) is 10.6 Å². The Morgan fingerprint density at radius 1 is 1.04 bits per heavy atom. The largest absolute Gasteiger partial charge is 0.346 e. The molecule has 0 radical (unpaired) electrons. The maximum atomic E-state index is 13.6. The summed E-state index contributed by atoms with van der Waals surface area (Å²) in [6.07, 6.45) is 1.23. The lowest BCUT2D eigenvalue weighted by Gasteiger charge is -2.24. The molecule has 2 aromatic rings. The van der Waals surface area contributed by atoms with E-state index in [4.69, 9.17) is 0 Å². The molecule has 7 nitrogen and oxygen atoms in total. The highest BCUT2D eigenvalue weighted by Crippen LogP contribution is 2.25. The summed E-state index contributed by atoms with van der Waals surface area (Å²) in [5.41, 5.74) is -0.100. The second-order valence-electron chi connectivity index (χ2n) is 6.37. The average Bonchev–Trinajstić information content (AvgIpc) is 3.18. The number of hydrogen-bond donors (Lipinski definition) is 2. The lowest BCUT2D eigenvalue weighted by atomic mass is 10.2. The summed E-state index contributed by atoms with van der Waals surface area (Å²) in [7, 11) is -3.68. The van der Waals surface area contributed by atoms with Gasteiger partial charge in [-0.15, -0.1) is 0 Å². The molecule has 2 amide bonds. The first kappa shape index (κ1) is 20.0. The van der Waals surface area contributed by atoms with E-state index in [1.54, 1.807) is 18.2 Å². The summed E-state index contributed by atoms with van der Waals surface area (Å²) >= 11 is 0. The number of amides is 2. The molecular formula is C19H20FN3O4S. The Labute approximate surface area is 162 Å². The third kappa shape index (κ3) is 4.37. The third-order valence-electron chi connectivity index (χ3n) is 4.50. The number of halogens is 1. The third-order valence-corrected chi connectivity index (χ3v) is 6.47. The van der Waals surface area contributed by atoms with Crippen molar-refractivity contribution in [2.75, 3.05) is 18.4 Å². The van der Waals surface area contributed by atoms with E-state index in [0.717, 1.165) is 0 Å². The SMILES string of the molecule is O=C(NCC1CCCN1S(=O)(=O)c1ccccc1)C(=O)Nc1ccccc1F. The van der Waals surface area contributed by atoms with Gasteiger partial charge in [-0.2, -0.15) is 4.31 Å². The van der Waals surface area contributed by atoms with Gasteiger partial charge in [0.2, 0.25) is 10.0 Å². The van der Waals surface area contributed by atoms with Crippen LogP contribution in [0, 0.1) is 5.82 Å². The Kier molecular flexibility index (Phi) is 6.05. The van der Waals surface area contributed by atoms with Crippen molar-refractivity contribution in [1.82, 2.24) is 9.62 Å². The summed E-state index contributed by atoms with van der Waals surface area (Å²) in [6.45, 7) is 0.342. The van der Waals surface area contributed by atoms with Crippen LogP contribution in [0.3, 0.4) is 0 Å². The normalized spacial score (nSPS) is 17.2. The zero-order valence-electron chi connectivity index (χ0n) is 15.0. The quantitative estimate of drug-likeness (QED) is 0.741. The van der Waals surface area contributed by atoms with E-state index >= 15 is 0 Å². The van der Waals surface area contributed by atoms with Crippen molar-refractivity contribution in [2.45, 2.75) is 23.8 Å². The van der Waals surface area contributed by atoms with E-state index in [9.17, 15) is 22.4 Å². The molecule has 2 aromatic carbocycles. The maximum absolute atomic E-state index is 13.6. The average molecular weight is 405 g/mol. The molecule has 1 aliphatic rings. The van der Waals surface area contributed by atoms with E-state index < -0.39 is 33.7 Å². The number of carbonyl (C=O) groups is 2. The molecule has 1 saturated heterocycles. The van der Waals surface area contributed by atoms with Crippen LogP contribution in [0.1, 0.15) is 12.8 Å². The van der Waals surface area contributed by atoms with Gasteiger partial charge in [0.25, 0.3) is 0 Å². The highest BCUT2D eigenvalue weighted by atomic mass is 32.2. The van der Waals surface area contributed by atoms with E-state index in [0.29, 0.717) is 19.4 Å². The molecule has 3 rings (SSSR count). The Balaban J connectivity index is 1.61. The van der Waals surface area contributed by atoms with Crippen LogP contribution in [0.25, 0.3) is 0 Å². The van der Waals surface area contributed by atoms with Crippen molar-refractivity contribution >= 4 is 27.5 Å². The van der Waals surface area contributed by atoms with Crippen molar-refractivity contribution in [3.05, 3.63) is 60.4 Å². The van der Waals surface area contributed by atoms with Crippen molar-refractivity contribution in [3.8, 4) is 0 Å². The summed E-state index contributed by atoms with van der Waals surface area (Å²) in [6, 6.07) is 13.1. The Bertz CT molecular complexity index is 966. The number of sulfonamides is 1. The van der Waals surface area contributed by atoms with Crippen molar-refractivity contribution < 1.29 is 22.4 Å². The van der Waals surface area contributed by atoms with Gasteiger partial charge in [-0.1, -0.05) is 30.3 Å². The Morgan fingerprint density at radius 3 is 2.43 bits per heavy atom. The van der Waals surface area contributed by atoms with Gasteiger partial charge < -0.3 is 10.6 Å². The van der Waals surface area contributed by atoms with Crippen LogP contribution in [0.4, 0.5) is 10.1 Å². The van der Waals surface area contributed by atoms with E-state index in [1.807, 2.05) is 0 Å². The fraction of sp³-hybridized carbons (Fsp3) is 0.263. The highest BCUT2D eigenvalue weighted by Gasteiger charge is 2.35. The predicted octanol–water partition coefficient (Wildman–Crippen LogP) is 1.73. The molecule has 9 heteroatoms. The molecule has 0 bridgehead atoms. The number of benzene rings is 2. The van der Waals surface area contributed by atoms with Crippen LogP contribution in [0.5, 0.6) is 0 Å². The van der Waals surface area contributed by atoms with Crippen LogP contribution in [0.2, 0.25) is 0 Å². The maximum Gasteiger partial charge on any atom is 0.313 e. The highest BCUT2D eigenvalue weighted by molar-refractivity contribution is 7.89. The lowest BCUT2D eigenvalue weighted by Crippen LogP contribution is -2.45. The molecule has 1 fully saturated rings. The molecular weight excluding hydrogens is 385 g/mol. The smallest absolute Gasteiger partial charge is 0.313 e. The summed E-state index contributed by atoms with van der Waals surface area (Å²) in [5, 5.41) is 4.63. The fourth-order valence-electron chi connectivity index (χ4n) is 3.09. The van der Waals surface area contributed by atoms with Crippen LogP contribution in [0.15, 0.2) is 59.5 Å². The molecule has 2 N–H and O–H groups in total. The van der Waals surface area contributed by atoms with Gasteiger partial charge in [0.1, 0.15) is 5.82 Å². The molecule has 28 heavy (non-hydrogen) atoms. The van der Waals surface area contributed by atoms with Crippen molar-refractivity contribution in [1.29, 1.82) is 0 Å². The molecule has 1 heterocycles. The first-order valence-electron chi connectivity index (χ1n) is 8.80. The molecule has 1 unspecified atom stereocenters. The molecule has 0 aliphatic carbocycles. The summed E-state index contributed by atoms with van der Waals surface area (Å²) in [5.74, 6) is -2.62. The van der Waals surface area contributed by atoms with Gasteiger partial charge in [-0.25, -0.2) is 12.8 Å². The zero-order valence-corrected chi connectivity index (χ0v) is 15.8. The van der Waals surface area contributed by atoms with Crippen LogP contribution in [-0.4, -0.2) is 43.7 Å². The second kappa shape index (κ2) is 8.49. The minimum atomic E-state index is -3.68. The van der Waals surface area contributed by atoms with Crippen LogP contribution >= 0.6 is 0 Å². The first-order valence-corrected chi connectivity index (χ1v) is 10.2. The lowest BCUT2D eigenvalue weighted by molar-refractivity contribution is -0.136. The number of anilines is 1. The molecule has 0 saturated carbocycles. The molecule has 1 aliphatic heterocycles. The predicted molar refractivity (Wildman–Crippen MR) is 101 cm³/mol. The summed E-state index contributed by atoms with van der Waals surface area (Å²) < 4.78 is 40.5. The van der Waals surface area contributed by atoms with Gasteiger partial charge in [0, 0.05) is 19.1 Å². The van der Waals surface area contributed by atoms with Gasteiger partial charge in [0.15, 0.2) is 0 Å². The molecule has 0 spiro atoms. The van der Waals surface area contributed by atoms with Gasteiger partial charge in [-0.3, -0.25) is 9.59 Å². The van der Waals surface area contributed by atoms with Crippen molar-refractivity contribution in [2.24, 2.45) is 0 Å².